The van der Waals surface area contributed by atoms with E-state index in [1.807, 2.05) is 18.2 Å². The second-order valence-electron chi connectivity index (χ2n) is 4.92. The average molecular weight is 424 g/mol. The zero-order valence-corrected chi connectivity index (χ0v) is 16.4. The molecular weight excluding hydrogens is 406 g/mol. The molecule has 148 valence electrons. The molecule has 1 heterocycles. The third-order valence-electron chi connectivity index (χ3n) is 2.81. The van der Waals surface area contributed by atoms with Crippen LogP contribution in [-0.2, 0) is 15.3 Å². The van der Waals surface area contributed by atoms with Gasteiger partial charge < -0.3 is 20.7 Å². The fourth-order valence-electron chi connectivity index (χ4n) is 1.66. The first-order valence-corrected chi connectivity index (χ1v) is 9.02. The summed E-state index contributed by atoms with van der Waals surface area (Å²) in [6.07, 6.45) is 2.82. The van der Waals surface area contributed by atoms with Gasteiger partial charge in [0.05, 0.1) is 18.5 Å². The number of ether oxygens (including phenoxy) is 1. The van der Waals surface area contributed by atoms with E-state index < -0.39 is 11.9 Å². The number of nitrogens with two attached hydrogens (primary N) is 1. The first kappa shape index (κ1) is 23.0. The van der Waals surface area contributed by atoms with Crippen LogP contribution in [0.25, 0.3) is 0 Å². The molecule has 0 spiro atoms. The first-order valence-electron chi connectivity index (χ1n) is 7.65. The number of carboxylic acid groups (broad SMARTS) is 2. The van der Waals surface area contributed by atoms with Crippen molar-refractivity contribution >= 4 is 46.2 Å². The van der Waals surface area contributed by atoms with Gasteiger partial charge in [-0.15, -0.1) is 0 Å². The molecule has 0 amide bonds. The molecule has 4 N–H and O–H groups in total. The van der Waals surface area contributed by atoms with Crippen LogP contribution in [-0.4, -0.2) is 39.4 Å². The maximum Gasteiger partial charge on any atom is 0.328 e. The van der Waals surface area contributed by atoms with E-state index >= 15 is 0 Å². The van der Waals surface area contributed by atoms with Gasteiger partial charge in [0.2, 0.25) is 0 Å². The molecule has 1 aromatic carbocycles. The minimum absolute atomic E-state index is 0.469. The average Bonchev–Trinajstić information content (AvgIpc) is 2.65. The van der Waals surface area contributed by atoms with Crippen molar-refractivity contribution in [3.05, 3.63) is 65.5 Å². The number of aliphatic imine (C=N–C) groups is 1. The van der Waals surface area contributed by atoms with Crippen LogP contribution in [0.3, 0.4) is 0 Å². The largest absolute Gasteiger partial charge is 0.497 e. The van der Waals surface area contributed by atoms with Crippen LogP contribution in [0.15, 0.2) is 59.7 Å². The van der Waals surface area contributed by atoms with Crippen LogP contribution in [0, 0.1) is 0 Å². The molecule has 8 nitrogen and oxygen atoms in total. The first-order chi connectivity index (χ1) is 13.3. The summed E-state index contributed by atoms with van der Waals surface area (Å²) >= 11 is 7.31. The smallest absolute Gasteiger partial charge is 0.328 e. The number of benzene rings is 1. The van der Waals surface area contributed by atoms with Crippen LogP contribution < -0.4 is 10.5 Å². The number of carboxylic acids is 2. The molecule has 0 atom stereocenters. The van der Waals surface area contributed by atoms with Gasteiger partial charge in [-0.1, -0.05) is 29.4 Å². The number of pyridine rings is 1. The van der Waals surface area contributed by atoms with Gasteiger partial charge in [0, 0.05) is 35.2 Å². The zero-order chi connectivity index (χ0) is 20.9. The van der Waals surface area contributed by atoms with Gasteiger partial charge >= 0.3 is 11.9 Å². The van der Waals surface area contributed by atoms with Crippen LogP contribution in [0.2, 0.25) is 5.02 Å². The van der Waals surface area contributed by atoms with Crippen molar-refractivity contribution in [2.75, 3.05) is 7.11 Å². The van der Waals surface area contributed by atoms with E-state index in [1.54, 1.807) is 31.5 Å². The van der Waals surface area contributed by atoms with Crippen LogP contribution >= 0.6 is 23.4 Å². The van der Waals surface area contributed by atoms with Gasteiger partial charge in [-0.25, -0.2) is 14.6 Å². The molecule has 0 saturated carbocycles. The summed E-state index contributed by atoms with van der Waals surface area (Å²) in [5, 5.41) is 16.7. The molecule has 0 radical (unpaired) electrons. The monoisotopic (exact) mass is 423 g/mol. The van der Waals surface area contributed by atoms with E-state index in [1.165, 1.54) is 11.8 Å². The highest BCUT2D eigenvalue weighted by Gasteiger charge is 2.01. The summed E-state index contributed by atoms with van der Waals surface area (Å²) in [5.74, 6) is -1.10. The van der Waals surface area contributed by atoms with Crippen molar-refractivity contribution in [2.24, 2.45) is 10.7 Å². The lowest BCUT2D eigenvalue weighted by atomic mass is 10.3. The van der Waals surface area contributed by atoms with Crippen LogP contribution in [0.5, 0.6) is 5.75 Å². The molecular formula is C18H18ClN3O5S. The predicted octanol–water partition coefficient (Wildman–Crippen LogP) is 3.34. The fourth-order valence-corrected chi connectivity index (χ4v) is 2.47. The Kier molecular flexibility index (Phi) is 10.2. The number of carbonyl (C=O) groups is 2. The molecule has 0 unspecified atom stereocenters. The van der Waals surface area contributed by atoms with Gasteiger partial charge in [-0.3, -0.25) is 4.98 Å². The van der Waals surface area contributed by atoms with E-state index in [2.05, 4.69) is 9.98 Å². The Morgan fingerprint density at radius 2 is 1.93 bits per heavy atom. The number of aliphatic carboxylic acids is 2. The van der Waals surface area contributed by atoms with Crippen molar-refractivity contribution < 1.29 is 24.5 Å². The number of halogens is 1. The lowest BCUT2D eigenvalue weighted by molar-refractivity contribution is -0.134. The van der Waals surface area contributed by atoms with Crippen LogP contribution in [0.1, 0.15) is 5.69 Å². The second-order valence-corrected chi connectivity index (χ2v) is 6.35. The molecule has 0 aliphatic rings. The summed E-state index contributed by atoms with van der Waals surface area (Å²) < 4.78 is 5.15. The minimum atomic E-state index is -1.26. The maximum atomic E-state index is 9.55. The SMILES string of the molecule is COc1ccnc(CSC(N)=Nc2cccc(Cl)c2)c1.O=C(O)/C=C/C(=O)O. The second kappa shape index (κ2) is 12.4. The van der Waals surface area contributed by atoms with Crippen molar-refractivity contribution in [2.45, 2.75) is 5.75 Å². The molecule has 10 heteroatoms. The number of thioether (sulfide) groups is 1. The van der Waals surface area contributed by atoms with Gasteiger partial charge in [0.1, 0.15) is 5.75 Å². The van der Waals surface area contributed by atoms with E-state index in [0.717, 1.165) is 17.1 Å². The Morgan fingerprint density at radius 1 is 1.25 bits per heavy atom. The molecule has 2 aromatic rings. The van der Waals surface area contributed by atoms with Crippen molar-refractivity contribution in [1.82, 2.24) is 4.98 Å². The quantitative estimate of drug-likeness (QED) is 0.365. The van der Waals surface area contributed by atoms with Crippen molar-refractivity contribution in [3.63, 3.8) is 0 Å². The number of amidine groups is 1. The van der Waals surface area contributed by atoms with Gasteiger partial charge in [-0.2, -0.15) is 0 Å². The zero-order valence-electron chi connectivity index (χ0n) is 14.8. The summed E-state index contributed by atoms with van der Waals surface area (Å²) in [6, 6.07) is 10.9. The Bertz CT molecular complexity index is 858. The number of nitrogens with zero attached hydrogens (tertiary/aromatic N) is 2. The number of hydrogen-bond donors (Lipinski definition) is 3. The maximum absolute atomic E-state index is 9.55. The molecule has 0 saturated heterocycles. The topological polar surface area (TPSA) is 135 Å². The highest BCUT2D eigenvalue weighted by molar-refractivity contribution is 8.13. The molecule has 2 rings (SSSR count). The van der Waals surface area contributed by atoms with Gasteiger partial charge in [0.25, 0.3) is 0 Å². The normalized spacial score (nSPS) is 10.9. The molecule has 1 aromatic heterocycles. The summed E-state index contributed by atoms with van der Waals surface area (Å²) in [5.41, 5.74) is 7.51. The third-order valence-corrected chi connectivity index (χ3v) is 3.87. The standard InChI is InChI=1S/C14H14ClN3OS.C4H4O4/c1-19-13-5-6-17-12(8-13)9-20-14(16)18-11-4-2-3-10(15)7-11;5-3(6)1-2-4(7)8/h2-8H,9H2,1H3,(H2,16,18);1-2H,(H,5,6)(H,7,8)/b;2-1+. The Balaban J connectivity index is 0.000000416. The fraction of sp³-hybridized carbons (Fsp3) is 0.111. The number of aromatic nitrogens is 1. The highest BCUT2D eigenvalue weighted by atomic mass is 35.5. The van der Waals surface area contributed by atoms with Crippen molar-refractivity contribution in [1.29, 1.82) is 0 Å². The Morgan fingerprint density at radius 3 is 2.50 bits per heavy atom. The summed E-state index contributed by atoms with van der Waals surface area (Å²) in [4.78, 5) is 27.6. The highest BCUT2D eigenvalue weighted by Crippen LogP contribution is 2.20. The molecule has 0 aliphatic heterocycles. The predicted molar refractivity (Wildman–Crippen MR) is 109 cm³/mol. The lowest BCUT2D eigenvalue weighted by Gasteiger charge is -2.03. The molecule has 0 aliphatic carbocycles. The van der Waals surface area contributed by atoms with E-state index in [9.17, 15) is 9.59 Å². The number of rotatable bonds is 6. The number of methoxy groups -OCH3 is 1. The van der Waals surface area contributed by atoms with E-state index in [-0.39, 0.29) is 0 Å². The third kappa shape index (κ3) is 10.2. The van der Waals surface area contributed by atoms with E-state index in [0.29, 0.717) is 28.1 Å². The van der Waals surface area contributed by atoms with Crippen LogP contribution in [0.4, 0.5) is 5.69 Å². The number of hydrogen-bond acceptors (Lipinski definition) is 6. The van der Waals surface area contributed by atoms with Crippen molar-refractivity contribution in [3.8, 4) is 5.75 Å². The Hall–Kier alpha value is -3.04. The van der Waals surface area contributed by atoms with Gasteiger partial charge in [-0.05, 0) is 24.3 Å². The Labute approximate surface area is 170 Å². The summed E-state index contributed by atoms with van der Waals surface area (Å²) in [6.45, 7) is 0. The molecule has 0 fully saturated rings. The minimum Gasteiger partial charge on any atom is -0.497 e. The lowest BCUT2D eigenvalue weighted by Crippen LogP contribution is -2.06. The molecule has 28 heavy (non-hydrogen) atoms. The van der Waals surface area contributed by atoms with E-state index in [4.69, 9.17) is 32.3 Å². The summed E-state index contributed by atoms with van der Waals surface area (Å²) in [7, 11) is 1.63. The van der Waals surface area contributed by atoms with Gasteiger partial charge in [0.15, 0.2) is 5.17 Å². The molecule has 0 bridgehead atoms.